The zero-order chi connectivity index (χ0) is 4.28. The maximum absolute atomic E-state index is 8.12. The lowest BCUT2D eigenvalue weighted by molar-refractivity contribution is 0.266. The zero-order valence-electron chi connectivity index (χ0n) is 3.10. The molecule has 0 radical (unpaired) electrons. The average Bonchev–Trinajstić information content (AvgIpc) is 1.38. The second-order valence-electron chi connectivity index (χ2n) is 0.907. The van der Waals surface area contributed by atoms with Crippen molar-refractivity contribution >= 4 is 6.21 Å². The van der Waals surface area contributed by atoms with E-state index >= 15 is 0 Å². The Bertz CT molecular complexity index is 33.9. The first-order valence-corrected chi connectivity index (χ1v) is 1.46. The van der Waals surface area contributed by atoms with Crippen molar-refractivity contribution in [3.63, 3.8) is 0 Å². The van der Waals surface area contributed by atoms with Crippen molar-refractivity contribution in [1.82, 2.24) is 0 Å². The van der Waals surface area contributed by atoms with Gasteiger partial charge < -0.3 is 10.5 Å². The lowest BCUT2D eigenvalue weighted by atomic mass is 10.5. The minimum atomic E-state index is -0.574. The van der Waals surface area contributed by atoms with E-state index in [9.17, 15) is 0 Å². The molecule has 0 amide bonds. The molecule has 30 valence electrons. The van der Waals surface area contributed by atoms with Crippen LogP contribution in [0.4, 0.5) is 0 Å². The smallest absolute Gasteiger partial charge is 0.0856 e. The maximum atomic E-state index is 8.12. The van der Waals surface area contributed by atoms with E-state index in [0.29, 0.717) is 0 Å². The highest BCUT2D eigenvalue weighted by Crippen LogP contribution is 1.63. The molecule has 0 spiro atoms. The zero-order valence-corrected chi connectivity index (χ0v) is 3.10. The summed E-state index contributed by atoms with van der Waals surface area (Å²) < 4.78 is 0. The van der Waals surface area contributed by atoms with Gasteiger partial charge in [-0.1, -0.05) is 0 Å². The van der Waals surface area contributed by atoms with Gasteiger partial charge in [0.15, 0.2) is 0 Å². The Labute approximate surface area is 30.9 Å². The van der Waals surface area contributed by atoms with E-state index in [2.05, 4.69) is 0 Å². The highest BCUT2D eigenvalue weighted by Gasteiger charge is 1.77. The first kappa shape index (κ1) is 4.63. The Morgan fingerprint density at radius 2 is 2.20 bits per heavy atom. The van der Waals surface area contributed by atoms with E-state index in [1.807, 2.05) is 0 Å². The standard InChI is InChI=1S/C3H7NO/c1-3(5)2-4/h2-5H,1H3/t3-/m1/s1. The molecule has 0 aromatic carbocycles. The number of rotatable bonds is 1. The van der Waals surface area contributed by atoms with E-state index in [4.69, 9.17) is 10.5 Å². The molecule has 0 saturated carbocycles. The fourth-order valence-electron chi connectivity index (χ4n) is 0. The molecule has 0 fully saturated rings. The summed E-state index contributed by atoms with van der Waals surface area (Å²) >= 11 is 0. The molecule has 0 aromatic rings. The summed E-state index contributed by atoms with van der Waals surface area (Å²) in [5.74, 6) is 0. The number of aliphatic hydroxyl groups excluding tert-OH is 1. The quantitative estimate of drug-likeness (QED) is 0.422. The lowest BCUT2D eigenvalue weighted by Gasteiger charge is -1.82. The summed E-state index contributed by atoms with van der Waals surface area (Å²) in [6, 6.07) is 0. The minimum absolute atomic E-state index is 0.574. The van der Waals surface area contributed by atoms with Gasteiger partial charge in [0.2, 0.25) is 0 Å². The Balaban J connectivity index is 2.83. The van der Waals surface area contributed by atoms with Gasteiger partial charge in [0.1, 0.15) is 0 Å². The van der Waals surface area contributed by atoms with Crippen LogP contribution in [0.2, 0.25) is 0 Å². The number of hydrogen-bond acceptors (Lipinski definition) is 2. The number of hydrogen-bond donors (Lipinski definition) is 2. The van der Waals surface area contributed by atoms with Gasteiger partial charge in [0.05, 0.1) is 6.10 Å². The molecule has 2 heteroatoms. The topological polar surface area (TPSA) is 44.1 Å². The van der Waals surface area contributed by atoms with E-state index in [1.165, 1.54) is 6.92 Å². The molecule has 1 atom stereocenters. The van der Waals surface area contributed by atoms with E-state index in [-0.39, 0.29) is 0 Å². The van der Waals surface area contributed by atoms with Crippen LogP contribution in [0.1, 0.15) is 6.92 Å². The average molecular weight is 73.1 g/mol. The first-order chi connectivity index (χ1) is 2.27. The Hall–Kier alpha value is -0.370. The van der Waals surface area contributed by atoms with Gasteiger partial charge in [-0.15, -0.1) is 0 Å². The van der Waals surface area contributed by atoms with E-state index in [1.54, 1.807) is 0 Å². The Kier molecular flexibility index (Phi) is 1.76. The maximum Gasteiger partial charge on any atom is 0.0856 e. The molecule has 5 heavy (non-hydrogen) atoms. The Morgan fingerprint density at radius 1 is 2.00 bits per heavy atom. The highest BCUT2D eigenvalue weighted by molar-refractivity contribution is 5.57. The number of nitrogens with one attached hydrogen (secondary N) is 1. The van der Waals surface area contributed by atoms with E-state index in [0.717, 1.165) is 6.21 Å². The van der Waals surface area contributed by atoms with Gasteiger partial charge in [0, 0.05) is 6.21 Å². The van der Waals surface area contributed by atoms with Crippen LogP contribution in [0, 0.1) is 5.41 Å². The molecular weight excluding hydrogens is 66.0 g/mol. The number of aliphatic hydroxyl groups is 1. The van der Waals surface area contributed by atoms with Gasteiger partial charge >= 0.3 is 0 Å². The third kappa shape index (κ3) is 3.63. The fourth-order valence-corrected chi connectivity index (χ4v) is 0. The van der Waals surface area contributed by atoms with Crippen molar-refractivity contribution in [2.45, 2.75) is 13.0 Å². The summed E-state index contributed by atoms with van der Waals surface area (Å²) in [7, 11) is 0. The third-order valence-electron chi connectivity index (χ3n) is 0.241. The molecule has 0 heterocycles. The van der Waals surface area contributed by atoms with Gasteiger partial charge in [-0.2, -0.15) is 0 Å². The molecular formula is C3H7NO. The largest absolute Gasteiger partial charge is 0.388 e. The monoisotopic (exact) mass is 73.1 g/mol. The van der Waals surface area contributed by atoms with Crippen LogP contribution in [-0.4, -0.2) is 17.4 Å². The van der Waals surface area contributed by atoms with Crippen molar-refractivity contribution in [2.24, 2.45) is 0 Å². The molecule has 0 bridgehead atoms. The second-order valence-corrected chi connectivity index (χ2v) is 0.907. The van der Waals surface area contributed by atoms with Crippen molar-refractivity contribution in [1.29, 1.82) is 5.41 Å². The van der Waals surface area contributed by atoms with Crippen LogP contribution in [0.3, 0.4) is 0 Å². The molecule has 2 nitrogen and oxygen atoms in total. The molecule has 2 N–H and O–H groups in total. The van der Waals surface area contributed by atoms with Gasteiger partial charge in [-0.3, -0.25) is 0 Å². The Morgan fingerprint density at radius 3 is 2.20 bits per heavy atom. The van der Waals surface area contributed by atoms with Gasteiger partial charge in [-0.05, 0) is 6.92 Å². The summed E-state index contributed by atoms with van der Waals surface area (Å²) in [6.45, 7) is 1.53. The van der Waals surface area contributed by atoms with Crippen molar-refractivity contribution in [2.75, 3.05) is 0 Å². The summed E-state index contributed by atoms with van der Waals surface area (Å²) in [4.78, 5) is 0. The third-order valence-corrected chi connectivity index (χ3v) is 0.241. The van der Waals surface area contributed by atoms with Crippen LogP contribution >= 0.6 is 0 Å². The summed E-state index contributed by atoms with van der Waals surface area (Å²) in [5.41, 5.74) is 0. The molecule has 0 saturated heterocycles. The van der Waals surface area contributed by atoms with Crippen molar-refractivity contribution in [3.8, 4) is 0 Å². The summed E-state index contributed by atoms with van der Waals surface area (Å²) in [6.07, 6.45) is 0.398. The fraction of sp³-hybridized carbons (Fsp3) is 0.667. The molecule has 0 aliphatic rings. The summed E-state index contributed by atoms with van der Waals surface area (Å²) in [5, 5.41) is 14.4. The van der Waals surface area contributed by atoms with Gasteiger partial charge in [-0.25, -0.2) is 0 Å². The minimum Gasteiger partial charge on any atom is -0.388 e. The second kappa shape index (κ2) is 1.91. The first-order valence-electron chi connectivity index (χ1n) is 1.46. The molecule has 0 aliphatic heterocycles. The van der Waals surface area contributed by atoms with Crippen molar-refractivity contribution < 1.29 is 5.11 Å². The molecule has 0 rings (SSSR count). The van der Waals surface area contributed by atoms with Crippen LogP contribution in [-0.2, 0) is 0 Å². The van der Waals surface area contributed by atoms with Crippen LogP contribution < -0.4 is 0 Å². The predicted octanol–water partition coefficient (Wildman–Crippen LogP) is 0.0168. The SMILES string of the molecule is C[C@@H](O)C=N. The molecule has 0 aromatic heterocycles. The van der Waals surface area contributed by atoms with Crippen molar-refractivity contribution in [3.05, 3.63) is 0 Å². The van der Waals surface area contributed by atoms with Crippen LogP contribution in [0.25, 0.3) is 0 Å². The highest BCUT2D eigenvalue weighted by atomic mass is 16.3. The van der Waals surface area contributed by atoms with E-state index < -0.39 is 6.10 Å². The van der Waals surface area contributed by atoms with Crippen LogP contribution in [0.5, 0.6) is 0 Å². The molecule has 0 aliphatic carbocycles. The van der Waals surface area contributed by atoms with Gasteiger partial charge in [0.25, 0.3) is 0 Å². The lowest BCUT2D eigenvalue weighted by Crippen LogP contribution is -1.97. The van der Waals surface area contributed by atoms with Crippen LogP contribution in [0.15, 0.2) is 0 Å². The normalized spacial score (nSPS) is 14.0. The molecule has 0 unspecified atom stereocenters. The predicted molar refractivity (Wildman–Crippen MR) is 20.5 cm³/mol.